The van der Waals surface area contributed by atoms with Gasteiger partial charge in [0.05, 0.1) is 0 Å². The van der Waals surface area contributed by atoms with Crippen LogP contribution < -0.4 is 0 Å². The third-order valence-corrected chi connectivity index (χ3v) is 3.82. The molecule has 3 rings (SSSR count). The van der Waals surface area contributed by atoms with Gasteiger partial charge in [-0.1, -0.05) is 30.3 Å². The van der Waals surface area contributed by atoms with Gasteiger partial charge in [0, 0.05) is 34.6 Å². The molecule has 2 heteroatoms. The summed E-state index contributed by atoms with van der Waals surface area (Å²) in [6, 6.07) is 8.70. The van der Waals surface area contributed by atoms with Gasteiger partial charge in [-0.05, 0) is 23.9 Å². The molecule has 2 aliphatic rings. The third kappa shape index (κ3) is 1.44. The molecule has 1 saturated heterocycles. The number of likely N-dealkylation sites (tertiary alicyclic amines) is 1. The number of hydrogen-bond donors (Lipinski definition) is 0. The molecule has 1 unspecified atom stereocenters. The Hall–Kier alpha value is -1.02. The lowest BCUT2D eigenvalue weighted by molar-refractivity contribution is 0.494. The van der Waals surface area contributed by atoms with Gasteiger partial charge in [-0.3, -0.25) is 0 Å². The summed E-state index contributed by atoms with van der Waals surface area (Å²) in [5.74, 6) is 0. The molecule has 3 radical (unpaired) electrons. The molecule has 1 atom stereocenters. The summed E-state index contributed by atoms with van der Waals surface area (Å²) in [6.45, 7) is 2.44. The topological polar surface area (TPSA) is 3.24 Å². The molecule has 1 aromatic rings. The van der Waals surface area contributed by atoms with Gasteiger partial charge in [-0.25, -0.2) is 0 Å². The fourth-order valence-corrected chi connectivity index (χ4v) is 2.98. The summed E-state index contributed by atoms with van der Waals surface area (Å²) >= 11 is 0. The van der Waals surface area contributed by atoms with E-state index in [-0.39, 0.29) is 0 Å². The number of hydrogen-bond acceptors (Lipinski definition) is 1. The van der Waals surface area contributed by atoms with E-state index in [0.717, 1.165) is 0 Å². The van der Waals surface area contributed by atoms with Crippen molar-refractivity contribution >= 4 is 15.9 Å². The van der Waals surface area contributed by atoms with E-state index < -0.39 is 0 Å². The van der Waals surface area contributed by atoms with Gasteiger partial charge in [0.2, 0.25) is 0 Å². The van der Waals surface area contributed by atoms with Crippen LogP contribution in [0.4, 0.5) is 0 Å². The Labute approximate surface area is 94.2 Å². The molecule has 0 spiro atoms. The number of allylic oxidation sites excluding steroid dienone is 1. The van der Waals surface area contributed by atoms with Gasteiger partial charge in [0.25, 0.3) is 0 Å². The van der Waals surface area contributed by atoms with Crippen molar-refractivity contribution in [2.24, 2.45) is 0 Å². The largest absolute Gasteiger partial charge is 0.371 e. The number of fused-ring (bicyclic) bond motifs is 1. The van der Waals surface area contributed by atoms with Crippen LogP contribution in [0.25, 0.3) is 5.70 Å². The second kappa shape index (κ2) is 3.53. The molecule has 0 saturated carbocycles. The van der Waals surface area contributed by atoms with E-state index in [4.69, 9.17) is 0 Å². The van der Waals surface area contributed by atoms with Crippen molar-refractivity contribution < 1.29 is 0 Å². The Morgan fingerprint density at radius 3 is 2.67 bits per heavy atom. The Balaban J connectivity index is 2.00. The van der Waals surface area contributed by atoms with E-state index in [1.54, 1.807) is 0 Å². The Morgan fingerprint density at radius 2 is 1.87 bits per heavy atom. The average molecular weight is 212 g/mol. The van der Waals surface area contributed by atoms with Crippen LogP contribution in [0.15, 0.2) is 30.3 Å². The van der Waals surface area contributed by atoms with Gasteiger partial charge in [-0.2, -0.15) is 0 Å². The van der Waals surface area contributed by atoms with Crippen LogP contribution >= 0.6 is 0 Å². The lowest BCUT2D eigenvalue weighted by atomic mass is 10.1. The number of rotatable bonds is 1. The first-order valence-corrected chi connectivity index (χ1v) is 6.21. The molecule has 1 aliphatic heterocycles. The zero-order valence-corrected chi connectivity index (χ0v) is 9.74. The normalized spacial score (nSPS) is 24.2. The molecular weight excluding hydrogens is 198 g/mol. The second-order valence-electron chi connectivity index (χ2n) is 4.31. The third-order valence-electron chi connectivity index (χ3n) is 3.34. The summed E-state index contributed by atoms with van der Waals surface area (Å²) in [6.07, 6.45) is 5.02. The molecule has 0 amide bonds. The van der Waals surface area contributed by atoms with Gasteiger partial charge in [-0.15, -0.1) is 0 Å². The van der Waals surface area contributed by atoms with Crippen LogP contribution in [0.5, 0.6) is 0 Å². The molecular formula is C13H14NSi. The van der Waals surface area contributed by atoms with E-state index in [1.807, 2.05) is 0 Å². The van der Waals surface area contributed by atoms with Gasteiger partial charge < -0.3 is 4.90 Å². The Kier molecular flexibility index (Phi) is 2.17. The highest BCUT2D eigenvalue weighted by Gasteiger charge is 2.24. The first-order valence-electron chi connectivity index (χ1n) is 5.63. The molecule has 1 heterocycles. The highest BCUT2D eigenvalue weighted by Crippen LogP contribution is 2.37. The van der Waals surface area contributed by atoms with E-state index in [2.05, 4.69) is 45.5 Å². The van der Waals surface area contributed by atoms with Crippen LogP contribution in [-0.4, -0.2) is 28.2 Å². The maximum absolute atomic E-state index is 3.77. The van der Waals surface area contributed by atoms with Gasteiger partial charge in [0.1, 0.15) is 0 Å². The van der Waals surface area contributed by atoms with Crippen LogP contribution in [0.2, 0.25) is 0 Å². The highest BCUT2D eigenvalue weighted by molar-refractivity contribution is 6.16. The first kappa shape index (κ1) is 9.22. The lowest BCUT2D eigenvalue weighted by Gasteiger charge is -2.19. The zero-order valence-electron chi connectivity index (χ0n) is 8.74. The quantitative estimate of drug-likeness (QED) is 0.646. The predicted octanol–water partition coefficient (Wildman–Crippen LogP) is 2.35. The molecule has 0 aromatic heterocycles. The smallest absolute Gasteiger partial charge is 0.0405 e. The molecule has 1 fully saturated rings. The van der Waals surface area contributed by atoms with E-state index in [1.165, 1.54) is 42.8 Å². The molecule has 1 aromatic carbocycles. The van der Waals surface area contributed by atoms with Crippen molar-refractivity contribution in [1.82, 2.24) is 4.90 Å². The maximum atomic E-state index is 3.77. The summed E-state index contributed by atoms with van der Waals surface area (Å²) in [7, 11) is 3.77. The molecule has 75 valence electrons. The summed E-state index contributed by atoms with van der Waals surface area (Å²) in [5.41, 5.74) is 4.66. The van der Waals surface area contributed by atoms with E-state index in [0.29, 0.717) is 5.54 Å². The minimum atomic E-state index is 0.400. The minimum Gasteiger partial charge on any atom is -0.371 e. The van der Waals surface area contributed by atoms with Crippen LogP contribution in [0.3, 0.4) is 0 Å². The first-order chi connectivity index (χ1) is 7.36. The van der Waals surface area contributed by atoms with Crippen LogP contribution in [0.1, 0.15) is 29.5 Å². The highest BCUT2D eigenvalue weighted by atomic mass is 28.1. The minimum absolute atomic E-state index is 0.400. The van der Waals surface area contributed by atoms with Crippen molar-refractivity contribution in [3.8, 4) is 0 Å². The maximum Gasteiger partial charge on any atom is 0.0405 e. The molecule has 1 nitrogen and oxygen atoms in total. The van der Waals surface area contributed by atoms with Crippen LogP contribution in [0, 0.1) is 0 Å². The van der Waals surface area contributed by atoms with Gasteiger partial charge in [0.15, 0.2) is 0 Å². The van der Waals surface area contributed by atoms with Crippen molar-refractivity contribution in [3.63, 3.8) is 0 Å². The van der Waals surface area contributed by atoms with Crippen LogP contribution in [-0.2, 0) is 0 Å². The number of benzene rings is 1. The fourth-order valence-electron chi connectivity index (χ4n) is 2.57. The lowest BCUT2D eigenvalue weighted by Crippen LogP contribution is -2.16. The average Bonchev–Trinajstić information content (AvgIpc) is 2.87. The van der Waals surface area contributed by atoms with Crippen molar-refractivity contribution in [3.05, 3.63) is 41.5 Å². The monoisotopic (exact) mass is 212 g/mol. The van der Waals surface area contributed by atoms with Gasteiger partial charge >= 0.3 is 0 Å². The summed E-state index contributed by atoms with van der Waals surface area (Å²) in [5, 5.41) is 0. The SMILES string of the molecule is [Si]C1C=C(N2CCCC2)c2ccccc21. The van der Waals surface area contributed by atoms with Crippen molar-refractivity contribution in [1.29, 1.82) is 0 Å². The molecule has 0 N–H and O–H groups in total. The van der Waals surface area contributed by atoms with E-state index in [9.17, 15) is 0 Å². The fraction of sp³-hybridized carbons (Fsp3) is 0.385. The summed E-state index contributed by atoms with van der Waals surface area (Å²) < 4.78 is 0. The molecule has 1 aliphatic carbocycles. The predicted molar refractivity (Wildman–Crippen MR) is 63.7 cm³/mol. The van der Waals surface area contributed by atoms with E-state index >= 15 is 0 Å². The number of nitrogens with zero attached hydrogens (tertiary/aromatic N) is 1. The Bertz CT molecular complexity index is 405. The molecule has 15 heavy (non-hydrogen) atoms. The second-order valence-corrected chi connectivity index (χ2v) is 4.93. The van der Waals surface area contributed by atoms with Crippen molar-refractivity contribution in [2.75, 3.05) is 13.1 Å². The summed E-state index contributed by atoms with van der Waals surface area (Å²) in [4.78, 5) is 2.51. The van der Waals surface area contributed by atoms with Crippen molar-refractivity contribution in [2.45, 2.75) is 18.4 Å². The molecule has 0 bridgehead atoms. The standard InChI is InChI=1S/C13H14NSi/c15-13-9-12(14-7-3-4-8-14)10-5-1-2-6-11(10)13/h1-2,5-6,9,13H,3-4,7-8H2. The Morgan fingerprint density at radius 1 is 1.13 bits per heavy atom. The zero-order chi connectivity index (χ0) is 10.3.